The Bertz CT molecular complexity index is 1400. The Labute approximate surface area is 193 Å². The number of hydrogen-bond donors (Lipinski definition) is 2. The van der Waals surface area contributed by atoms with Gasteiger partial charge in [-0.3, -0.25) is 14.8 Å². The first kappa shape index (κ1) is 22.5. The third-order valence-corrected chi connectivity index (χ3v) is 6.95. The highest BCUT2D eigenvalue weighted by Crippen LogP contribution is 2.36. The van der Waals surface area contributed by atoms with E-state index in [-0.39, 0.29) is 16.1 Å². The van der Waals surface area contributed by atoms with Crippen LogP contribution in [0.1, 0.15) is 10.4 Å². The van der Waals surface area contributed by atoms with Gasteiger partial charge in [0.15, 0.2) is 16.6 Å². The third kappa shape index (κ3) is 4.89. The quantitative estimate of drug-likeness (QED) is 0.397. The molecule has 1 heterocycles. The van der Waals surface area contributed by atoms with E-state index in [1.807, 2.05) is 0 Å². The molecule has 0 saturated carbocycles. The summed E-state index contributed by atoms with van der Waals surface area (Å²) >= 11 is 1.26. The fourth-order valence-electron chi connectivity index (χ4n) is 3.03. The number of thiazole rings is 1. The van der Waals surface area contributed by atoms with Crippen LogP contribution in [0.4, 0.5) is 15.2 Å². The summed E-state index contributed by atoms with van der Waals surface area (Å²) in [5.41, 5.74) is 1.04. The fraction of sp³-hybridized carbons (Fsp3) is 0.0909. The van der Waals surface area contributed by atoms with E-state index in [2.05, 4.69) is 15.0 Å². The van der Waals surface area contributed by atoms with Crippen LogP contribution in [0.15, 0.2) is 65.6 Å². The molecule has 0 spiro atoms. The summed E-state index contributed by atoms with van der Waals surface area (Å²) in [4.78, 5) is 17.1. The Morgan fingerprint density at radius 1 is 1.00 bits per heavy atom. The van der Waals surface area contributed by atoms with Gasteiger partial charge < -0.3 is 9.47 Å². The molecule has 0 aliphatic carbocycles. The van der Waals surface area contributed by atoms with Crippen molar-refractivity contribution in [2.45, 2.75) is 4.90 Å². The SMILES string of the molecule is COc1cc2nc(NC(=O)c3cccc(NS(=O)(=O)c4ccc(F)cc4)c3)sc2cc1OC. The van der Waals surface area contributed by atoms with Gasteiger partial charge in [-0.25, -0.2) is 17.8 Å². The molecule has 0 atom stereocenters. The van der Waals surface area contributed by atoms with Crippen molar-refractivity contribution in [2.24, 2.45) is 0 Å². The molecule has 170 valence electrons. The molecule has 0 fully saturated rings. The zero-order chi connectivity index (χ0) is 23.6. The van der Waals surface area contributed by atoms with Crippen molar-refractivity contribution in [1.82, 2.24) is 4.98 Å². The molecular formula is C22H18FN3O5S2. The molecule has 0 bridgehead atoms. The maximum absolute atomic E-state index is 13.1. The van der Waals surface area contributed by atoms with Crippen LogP contribution in [0.3, 0.4) is 0 Å². The molecule has 0 radical (unpaired) electrons. The van der Waals surface area contributed by atoms with Crippen molar-refractivity contribution in [3.05, 3.63) is 72.0 Å². The Morgan fingerprint density at radius 3 is 2.39 bits per heavy atom. The first-order valence-corrected chi connectivity index (χ1v) is 11.8. The lowest BCUT2D eigenvalue weighted by atomic mass is 10.2. The number of fused-ring (bicyclic) bond motifs is 1. The number of halogens is 1. The van der Waals surface area contributed by atoms with Crippen molar-refractivity contribution in [2.75, 3.05) is 24.3 Å². The van der Waals surface area contributed by atoms with Crippen LogP contribution < -0.4 is 19.5 Å². The van der Waals surface area contributed by atoms with Crippen molar-refractivity contribution < 1.29 is 27.1 Å². The van der Waals surface area contributed by atoms with E-state index >= 15 is 0 Å². The highest BCUT2D eigenvalue weighted by molar-refractivity contribution is 7.92. The van der Waals surface area contributed by atoms with E-state index in [1.54, 1.807) is 24.3 Å². The summed E-state index contributed by atoms with van der Waals surface area (Å²) in [5, 5.41) is 3.08. The number of nitrogens with zero attached hydrogens (tertiary/aromatic N) is 1. The number of aromatic nitrogens is 1. The van der Waals surface area contributed by atoms with E-state index in [1.165, 1.54) is 37.7 Å². The number of nitrogens with one attached hydrogen (secondary N) is 2. The Morgan fingerprint density at radius 2 is 1.70 bits per heavy atom. The van der Waals surface area contributed by atoms with Gasteiger partial charge in [0, 0.05) is 23.4 Å². The molecule has 0 saturated heterocycles. The van der Waals surface area contributed by atoms with Crippen LogP contribution in [0.5, 0.6) is 11.5 Å². The molecule has 3 aromatic carbocycles. The van der Waals surface area contributed by atoms with E-state index in [0.29, 0.717) is 22.1 Å². The van der Waals surface area contributed by atoms with Gasteiger partial charge in [0.1, 0.15) is 5.82 Å². The molecule has 11 heteroatoms. The lowest BCUT2D eigenvalue weighted by Gasteiger charge is -2.09. The molecule has 0 aliphatic heterocycles. The highest BCUT2D eigenvalue weighted by atomic mass is 32.2. The number of methoxy groups -OCH3 is 2. The molecule has 1 amide bonds. The largest absolute Gasteiger partial charge is 0.493 e. The van der Waals surface area contributed by atoms with E-state index in [4.69, 9.17) is 9.47 Å². The summed E-state index contributed by atoms with van der Waals surface area (Å²) in [7, 11) is -0.888. The fourth-order valence-corrected chi connectivity index (χ4v) is 4.95. The molecule has 8 nitrogen and oxygen atoms in total. The maximum atomic E-state index is 13.1. The number of amides is 1. The Hall–Kier alpha value is -3.70. The number of benzene rings is 3. The maximum Gasteiger partial charge on any atom is 0.261 e. The minimum Gasteiger partial charge on any atom is -0.493 e. The molecule has 4 aromatic rings. The first-order valence-electron chi connectivity index (χ1n) is 9.51. The number of carbonyl (C=O) groups excluding carboxylic acids is 1. The van der Waals surface area contributed by atoms with Gasteiger partial charge in [-0.1, -0.05) is 17.4 Å². The zero-order valence-electron chi connectivity index (χ0n) is 17.5. The second kappa shape index (κ2) is 9.04. The van der Waals surface area contributed by atoms with Crippen LogP contribution in [-0.2, 0) is 10.0 Å². The normalized spacial score (nSPS) is 11.2. The molecule has 33 heavy (non-hydrogen) atoms. The predicted octanol–water partition coefficient (Wildman–Crippen LogP) is 4.51. The van der Waals surface area contributed by atoms with Crippen LogP contribution in [0.2, 0.25) is 0 Å². The number of hydrogen-bond acceptors (Lipinski definition) is 7. The van der Waals surface area contributed by atoms with Gasteiger partial charge in [0.2, 0.25) is 0 Å². The average molecular weight is 488 g/mol. The van der Waals surface area contributed by atoms with Crippen molar-refractivity contribution in [3.63, 3.8) is 0 Å². The molecule has 2 N–H and O–H groups in total. The monoisotopic (exact) mass is 487 g/mol. The van der Waals surface area contributed by atoms with E-state index < -0.39 is 21.7 Å². The Balaban J connectivity index is 1.53. The summed E-state index contributed by atoms with van der Waals surface area (Å²) in [6, 6.07) is 13.9. The highest BCUT2D eigenvalue weighted by Gasteiger charge is 2.17. The number of anilines is 2. The smallest absolute Gasteiger partial charge is 0.261 e. The van der Waals surface area contributed by atoms with Gasteiger partial charge in [-0.05, 0) is 42.5 Å². The predicted molar refractivity (Wildman–Crippen MR) is 124 cm³/mol. The van der Waals surface area contributed by atoms with Crippen LogP contribution in [-0.4, -0.2) is 33.5 Å². The lowest BCUT2D eigenvalue weighted by Crippen LogP contribution is -2.15. The number of sulfonamides is 1. The van der Waals surface area contributed by atoms with Crippen molar-refractivity contribution in [1.29, 1.82) is 0 Å². The minimum atomic E-state index is -3.94. The molecule has 1 aromatic heterocycles. The van der Waals surface area contributed by atoms with Crippen LogP contribution in [0, 0.1) is 5.82 Å². The summed E-state index contributed by atoms with van der Waals surface area (Å²) < 4.78 is 51.9. The van der Waals surface area contributed by atoms with E-state index in [9.17, 15) is 17.6 Å². The third-order valence-electron chi connectivity index (χ3n) is 4.62. The van der Waals surface area contributed by atoms with Gasteiger partial charge in [0.05, 0.1) is 29.3 Å². The second-order valence-electron chi connectivity index (χ2n) is 6.79. The van der Waals surface area contributed by atoms with Crippen molar-refractivity contribution >= 4 is 48.3 Å². The summed E-state index contributed by atoms with van der Waals surface area (Å²) in [6.45, 7) is 0. The van der Waals surface area contributed by atoms with Gasteiger partial charge in [-0.2, -0.15) is 0 Å². The minimum absolute atomic E-state index is 0.0981. The Kier molecular flexibility index (Phi) is 6.16. The standard InChI is InChI=1S/C22H18FN3O5S2/c1-30-18-11-17-20(12-19(18)31-2)32-22(24-17)25-21(27)13-4-3-5-15(10-13)26-33(28,29)16-8-6-14(23)7-9-16/h3-12,26H,1-2H3,(H,24,25,27). The topological polar surface area (TPSA) is 107 Å². The zero-order valence-corrected chi connectivity index (χ0v) is 19.1. The lowest BCUT2D eigenvalue weighted by molar-refractivity contribution is 0.102. The molecule has 4 rings (SSSR count). The number of ether oxygens (including phenoxy) is 2. The first-order chi connectivity index (χ1) is 15.8. The number of rotatable bonds is 7. The van der Waals surface area contributed by atoms with Gasteiger partial charge >= 0.3 is 0 Å². The van der Waals surface area contributed by atoms with Crippen LogP contribution >= 0.6 is 11.3 Å². The van der Waals surface area contributed by atoms with Gasteiger partial charge in [-0.15, -0.1) is 0 Å². The average Bonchev–Trinajstić information content (AvgIpc) is 3.19. The van der Waals surface area contributed by atoms with Crippen LogP contribution in [0.25, 0.3) is 10.2 Å². The molecule has 0 aliphatic rings. The summed E-state index contributed by atoms with van der Waals surface area (Å²) in [5.74, 6) is 0.0668. The number of carbonyl (C=O) groups is 1. The van der Waals surface area contributed by atoms with Crippen molar-refractivity contribution in [3.8, 4) is 11.5 Å². The molecule has 0 unspecified atom stereocenters. The second-order valence-corrected chi connectivity index (χ2v) is 9.50. The summed E-state index contributed by atoms with van der Waals surface area (Å²) in [6.07, 6.45) is 0. The van der Waals surface area contributed by atoms with Gasteiger partial charge in [0.25, 0.3) is 15.9 Å². The van der Waals surface area contributed by atoms with E-state index in [0.717, 1.165) is 29.0 Å². The molecular weight excluding hydrogens is 469 g/mol.